The predicted molar refractivity (Wildman–Crippen MR) is 67.2 cm³/mol. The lowest BCUT2D eigenvalue weighted by Crippen LogP contribution is -2.44. The summed E-state index contributed by atoms with van der Waals surface area (Å²) >= 11 is 0. The minimum Gasteiger partial charge on any atom is -0.489 e. The Morgan fingerprint density at radius 3 is 2.42 bits per heavy atom. The summed E-state index contributed by atoms with van der Waals surface area (Å²) in [5.41, 5.74) is -0.650. The molecule has 0 aliphatic carbocycles. The maximum Gasteiger partial charge on any atom is 0.416 e. The molecule has 2 nitrogen and oxygen atoms in total. The van der Waals surface area contributed by atoms with Crippen LogP contribution < -0.4 is 10.1 Å². The van der Waals surface area contributed by atoms with Gasteiger partial charge in [0.2, 0.25) is 0 Å². The molecule has 0 radical (unpaired) electrons. The fourth-order valence-corrected chi connectivity index (χ4v) is 2.30. The van der Waals surface area contributed by atoms with Gasteiger partial charge in [-0.3, -0.25) is 0 Å². The largest absolute Gasteiger partial charge is 0.489 e. The Bertz CT molecular complexity index is 396. The number of rotatable bonds is 3. The number of alkyl halides is 3. The van der Waals surface area contributed by atoms with E-state index in [1.54, 1.807) is 0 Å². The molecule has 0 spiro atoms. The van der Waals surface area contributed by atoms with Crippen molar-refractivity contribution in [2.45, 2.75) is 44.5 Å². The van der Waals surface area contributed by atoms with Crippen LogP contribution in [0.5, 0.6) is 5.75 Å². The van der Waals surface area contributed by atoms with Crippen molar-refractivity contribution in [3.63, 3.8) is 0 Å². The second-order valence-electron chi connectivity index (χ2n) is 4.90. The predicted octanol–water partition coefficient (Wildman–Crippen LogP) is 3.61. The summed E-state index contributed by atoms with van der Waals surface area (Å²) in [6.07, 6.45) is -0.962. The fourth-order valence-electron chi connectivity index (χ4n) is 2.30. The smallest absolute Gasteiger partial charge is 0.416 e. The van der Waals surface area contributed by atoms with Crippen LogP contribution in [0.1, 0.15) is 31.7 Å². The first-order valence-corrected chi connectivity index (χ1v) is 6.54. The van der Waals surface area contributed by atoms with Crippen LogP contribution in [0.25, 0.3) is 0 Å². The van der Waals surface area contributed by atoms with Gasteiger partial charge in [-0.1, -0.05) is 6.42 Å². The molecular formula is C14H18F3NO. The van der Waals surface area contributed by atoms with Gasteiger partial charge >= 0.3 is 6.18 Å². The van der Waals surface area contributed by atoms with Gasteiger partial charge < -0.3 is 10.1 Å². The maximum absolute atomic E-state index is 12.4. The molecule has 19 heavy (non-hydrogen) atoms. The van der Waals surface area contributed by atoms with Gasteiger partial charge in [-0.2, -0.15) is 13.2 Å². The van der Waals surface area contributed by atoms with Crippen LogP contribution >= 0.6 is 0 Å². The third-order valence-electron chi connectivity index (χ3n) is 3.42. The number of piperidine rings is 1. The minimum atomic E-state index is -4.30. The molecule has 0 amide bonds. The normalized spacial score (nSPS) is 22.0. The SMILES string of the molecule is CC(Oc1ccc(C(F)(F)F)cc1)C1CCCCN1. The minimum absolute atomic E-state index is 0.0444. The summed E-state index contributed by atoms with van der Waals surface area (Å²) in [5, 5.41) is 3.37. The quantitative estimate of drug-likeness (QED) is 0.908. The number of halogens is 3. The summed E-state index contributed by atoms with van der Waals surface area (Å²) in [6, 6.07) is 5.13. The highest BCUT2D eigenvalue weighted by molar-refractivity contribution is 5.29. The monoisotopic (exact) mass is 273 g/mol. The van der Waals surface area contributed by atoms with Crippen LogP contribution in [0, 0.1) is 0 Å². The zero-order valence-corrected chi connectivity index (χ0v) is 10.8. The van der Waals surface area contributed by atoms with E-state index in [9.17, 15) is 13.2 Å². The van der Waals surface area contributed by atoms with Crippen LogP contribution in [0.4, 0.5) is 13.2 Å². The van der Waals surface area contributed by atoms with E-state index in [0.29, 0.717) is 5.75 Å². The molecule has 1 aromatic rings. The molecule has 1 aromatic carbocycles. The van der Waals surface area contributed by atoms with Gasteiger partial charge in [0.05, 0.1) is 5.56 Å². The van der Waals surface area contributed by atoms with Crippen LogP contribution in [0.3, 0.4) is 0 Å². The van der Waals surface area contributed by atoms with Crippen molar-refractivity contribution >= 4 is 0 Å². The highest BCUT2D eigenvalue weighted by atomic mass is 19.4. The fraction of sp³-hybridized carbons (Fsp3) is 0.571. The Balaban J connectivity index is 1.95. The number of benzene rings is 1. The average Bonchev–Trinajstić information content (AvgIpc) is 2.39. The second kappa shape index (κ2) is 5.82. The number of nitrogens with one attached hydrogen (secondary N) is 1. The van der Waals surface area contributed by atoms with Gasteiger partial charge in [-0.25, -0.2) is 0 Å². The van der Waals surface area contributed by atoms with Crippen molar-refractivity contribution in [2.24, 2.45) is 0 Å². The summed E-state index contributed by atoms with van der Waals surface area (Å²) in [6.45, 7) is 2.92. The summed E-state index contributed by atoms with van der Waals surface area (Å²) in [5.74, 6) is 0.480. The molecule has 0 aromatic heterocycles. The molecule has 106 valence electrons. The molecule has 1 heterocycles. The Kier molecular flexibility index (Phi) is 4.34. The lowest BCUT2D eigenvalue weighted by Gasteiger charge is -2.29. The summed E-state index contributed by atoms with van der Waals surface area (Å²) in [4.78, 5) is 0. The molecule has 2 unspecified atom stereocenters. The van der Waals surface area contributed by atoms with E-state index in [4.69, 9.17) is 4.74 Å². The number of ether oxygens (including phenoxy) is 1. The highest BCUT2D eigenvalue weighted by Crippen LogP contribution is 2.30. The summed E-state index contributed by atoms with van der Waals surface area (Å²) < 4.78 is 43.0. The van der Waals surface area contributed by atoms with Gasteiger partial charge in [-0.05, 0) is 50.6 Å². The van der Waals surface area contributed by atoms with Gasteiger partial charge in [0.15, 0.2) is 0 Å². The Morgan fingerprint density at radius 2 is 1.89 bits per heavy atom. The molecule has 2 rings (SSSR count). The van der Waals surface area contributed by atoms with E-state index in [1.165, 1.54) is 25.0 Å². The highest BCUT2D eigenvalue weighted by Gasteiger charge is 2.30. The zero-order chi connectivity index (χ0) is 13.9. The second-order valence-corrected chi connectivity index (χ2v) is 4.90. The van der Waals surface area contributed by atoms with E-state index in [-0.39, 0.29) is 12.1 Å². The van der Waals surface area contributed by atoms with Gasteiger partial charge in [0, 0.05) is 6.04 Å². The third-order valence-corrected chi connectivity index (χ3v) is 3.42. The average molecular weight is 273 g/mol. The first kappa shape index (κ1) is 14.2. The maximum atomic E-state index is 12.4. The van der Waals surface area contributed by atoms with E-state index < -0.39 is 11.7 Å². The van der Waals surface area contributed by atoms with Crippen molar-refractivity contribution in [1.82, 2.24) is 5.32 Å². The molecule has 0 bridgehead atoms. The standard InChI is InChI=1S/C14H18F3NO/c1-10(13-4-2-3-9-18-13)19-12-7-5-11(6-8-12)14(15,16)17/h5-8,10,13,18H,2-4,9H2,1H3. The van der Waals surface area contributed by atoms with Crippen molar-refractivity contribution in [2.75, 3.05) is 6.54 Å². The van der Waals surface area contributed by atoms with Gasteiger partial charge in [0.1, 0.15) is 11.9 Å². The number of hydrogen-bond donors (Lipinski definition) is 1. The Labute approximate surface area is 111 Å². The van der Waals surface area contributed by atoms with Crippen LogP contribution in [-0.2, 0) is 6.18 Å². The molecule has 5 heteroatoms. The molecule has 1 fully saturated rings. The van der Waals surface area contributed by atoms with E-state index in [2.05, 4.69) is 5.32 Å². The first-order valence-electron chi connectivity index (χ1n) is 6.54. The van der Waals surface area contributed by atoms with Crippen molar-refractivity contribution in [3.05, 3.63) is 29.8 Å². The van der Waals surface area contributed by atoms with E-state index in [0.717, 1.165) is 25.1 Å². The van der Waals surface area contributed by atoms with Crippen LogP contribution in [-0.4, -0.2) is 18.7 Å². The molecular weight excluding hydrogens is 255 g/mol. The van der Waals surface area contributed by atoms with Gasteiger partial charge in [-0.15, -0.1) is 0 Å². The Morgan fingerprint density at radius 1 is 1.21 bits per heavy atom. The first-order chi connectivity index (χ1) is 8.97. The number of hydrogen-bond acceptors (Lipinski definition) is 2. The van der Waals surface area contributed by atoms with Crippen molar-refractivity contribution < 1.29 is 17.9 Å². The molecule has 0 saturated carbocycles. The van der Waals surface area contributed by atoms with Crippen LogP contribution in [0.2, 0.25) is 0 Å². The lowest BCUT2D eigenvalue weighted by atomic mass is 10.0. The van der Waals surface area contributed by atoms with Crippen molar-refractivity contribution in [3.8, 4) is 5.75 Å². The molecule has 1 aliphatic rings. The molecule has 1 saturated heterocycles. The lowest BCUT2D eigenvalue weighted by molar-refractivity contribution is -0.137. The van der Waals surface area contributed by atoms with Gasteiger partial charge in [0.25, 0.3) is 0 Å². The van der Waals surface area contributed by atoms with Crippen LogP contribution in [0.15, 0.2) is 24.3 Å². The van der Waals surface area contributed by atoms with E-state index >= 15 is 0 Å². The van der Waals surface area contributed by atoms with E-state index in [1.807, 2.05) is 6.92 Å². The summed E-state index contributed by atoms with van der Waals surface area (Å²) in [7, 11) is 0. The third kappa shape index (κ3) is 3.86. The molecule has 1 aliphatic heterocycles. The zero-order valence-electron chi connectivity index (χ0n) is 10.8. The topological polar surface area (TPSA) is 21.3 Å². The van der Waals surface area contributed by atoms with Crippen molar-refractivity contribution in [1.29, 1.82) is 0 Å². The Hall–Kier alpha value is -1.23. The molecule has 1 N–H and O–H groups in total. The molecule has 2 atom stereocenters.